The van der Waals surface area contributed by atoms with Gasteiger partial charge in [-0.15, -0.1) is 0 Å². The lowest BCUT2D eigenvalue weighted by Gasteiger charge is -2.45. The van der Waals surface area contributed by atoms with E-state index in [1.54, 1.807) is 18.2 Å². The zero-order chi connectivity index (χ0) is 22.5. The predicted octanol–water partition coefficient (Wildman–Crippen LogP) is 7.26. The van der Waals surface area contributed by atoms with E-state index in [9.17, 15) is 4.79 Å². The molecule has 162 valence electrons. The summed E-state index contributed by atoms with van der Waals surface area (Å²) in [6.45, 7) is 6.71. The molecule has 0 spiro atoms. The zero-order valence-corrected chi connectivity index (χ0v) is 20.7. The maximum absolute atomic E-state index is 12.5. The van der Waals surface area contributed by atoms with E-state index in [2.05, 4.69) is 49.1 Å². The van der Waals surface area contributed by atoms with E-state index < -0.39 is 0 Å². The first-order valence-corrected chi connectivity index (χ1v) is 11.8. The second-order valence-electron chi connectivity index (χ2n) is 8.46. The van der Waals surface area contributed by atoms with Crippen LogP contribution in [0.25, 0.3) is 6.08 Å². The van der Waals surface area contributed by atoms with Crippen molar-refractivity contribution in [2.75, 3.05) is 11.9 Å². The molecule has 2 aromatic carbocycles. The van der Waals surface area contributed by atoms with Crippen LogP contribution in [0.4, 0.5) is 11.4 Å². The summed E-state index contributed by atoms with van der Waals surface area (Å²) >= 11 is 20.1. The Labute approximate surface area is 201 Å². The molecule has 0 aromatic heterocycles. The number of aliphatic imine (C=N–C) groups is 1. The van der Waals surface area contributed by atoms with Crippen molar-refractivity contribution in [2.45, 2.75) is 38.6 Å². The Bertz CT molecular complexity index is 1140. The van der Waals surface area contributed by atoms with Crippen LogP contribution in [-0.4, -0.2) is 23.7 Å². The molecule has 8 heteroatoms. The fourth-order valence-corrected chi connectivity index (χ4v) is 5.40. The summed E-state index contributed by atoms with van der Waals surface area (Å²) < 4.78 is 0. The van der Waals surface area contributed by atoms with Gasteiger partial charge in [-0.3, -0.25) is 4.79 Å². The first kappa shape index (κ1) is 22.5. The molecule has 2 aliphatic rings. The van der Waals surface area contributed by atoms with E-state index in [1.165, 1.54) is 17.3 Å². The minimum Gasteiger partial charge on any atom is -0.369 e. The lowest BCUT2D eigenvalue weighted by atomic mass is 9.80. The standard InChI is InChI=1S/C23H22Cl3N3OS/c1-12-11-23(2,3)29(4)18-10-16(25)13(8-14(12)18)9-19-21(30)28-22(31-19)27-17-7-5-6-15(24)20(17)26/h5-10,12H,11H2,1-4H3,(H,27,28,30)/b19-9-/t12-/m1/s1. The number of amidine groups is 1. The van der Waals surface area contributed by atoms with Gasteiger partial charge < -0.3 is 10.2 Å². The number of carbonyl (C=O) groups excluding carboxylic acids is 1. The molecule has 0 aliphatic carbocycles. The van der Waals surface area contributed by atoms with Gasteiger partial charge in [0, 0.05) is 23.3 Å². The number of nitrogens with zero attached hydrogens (tertiary/aromatic N) is 2. The molecule has 2 aliphatic heterocycles. The number of hydrogen-bond acceptors (Lipinski definition) is 4. The highest BCUT2D eigenvalue weighted by molar-refractivity contribution is 8.18. The van der Waals surface area contributed by atoms with Gasteiger partial charge in [0.15, 0.2) is 5.17 Å². The number of rotatable bonds is 2. The molecule has 1 saturated heterocycles. The van der Waals surface area contributed by atoms with Crippen LogP contribution >= 0.6 is 46.6 Å². The predicted molar refractivity (Wildman–Crippen MR) is 134 cm³/mol. The Morgan fingerprint density at radius 3 is 2.71 bits per heavy atom. The smallest absolute Gasteiger partial charge is 0.264 e. The first-order chi connectivity index (χ1) is 14.6. The highest BCUT2D eigenvalue weighted by Crippen LogP contribution is 2.45. The number of halogens is 3. The summed E-state index contributed by atoms with van der Waals surface area (Å²) in [4.78, 5) is 19.8. The SMILES string of the molecule is C[C@@H]1CC(C)(C)N(C)c2cc(Cl)c(/C=C3\SC(=Nc4cccc(Cl)c4Cl)NC3=O)cc21. The van der Waals surface area contributed by atoms with E-state index >= 15 is 0 Å². The van der Waals surface area contributed by atoms with Crippen molar-refractivity contribution in [1.82, 2.24) is 5.32 Å². The second kappa shape index (κ2) is 8.36. The van der Waals surface area contributed by atoms with Gasteiger partial charge in [0.05, 0.1) is 20.6 Å². The van der Waals surface area contributed by atoms with Crippen LogP contribution in [0.2, 0.25) is 15.1 Å². The first-order valence-electron chi connectivity index (χ1n) is 9.87. The second-order valence-corrected chi connectivity index (χ2v) is 10.7. The summed E-state index contributed by atoms with van der Waals surface area (Å²) in [7, 11) is 2.10. The third-order valence-electron chi connectivity index (χ3n) is 5.84. The Hall–Kier alpha value is -1.66. The van der Waals surface area contributed by atoms with Gasteiger partial charge in [-0.05, 0) is 79.4 Å². The molecule has 2 aromatic rings. The highest BCUT2D eigenvalue weighted by atomic mass is 35.5. The number of hydrogen-bond donors (Lipinski definition) is 1. The van der Waals surface area contributed by atoms with Gasteiger partial charge in [-0.1, -0.05) is 47.8 Å². The van der Waals surface area contributed by atoms with Gasteiger partial charge >= 0.3 is 0 Å². The molecule has 1 amide bonds. The molecular formula is C23H22Cl3N3OS. The molecule has 1 N–H and O–H groups in total. The maximum atomic E-state index is 12.5. The fraction of sp³-hybridized carbons (Fsp3) is 0.304. The highest BCUT2D eigenvalue weighted by Gasteiger charge is 2.34. The van der Waals surface area contributed by atoms with Crippen LogP contribution in [-0.2, 0) is 4.79 Å². The van der Waals surface area contributed by atoms with Crippen molar-refractivity contribution in [2.24, 2.45) is 4.99 Å². The number of amides is 1. The number of benzene rings is 2. The van der Waals surface area contributed by atoms with Crippen LogP contribution in [0.15, 0.2) is 40.2 Å². The van der Waals surface area contributed by atoms with Crippen molar-refractivity contribution in [3.8, 4) is 0 Å². The molecule has 4 nitrogen and oxygen atoms in total. The van der Waals surface area contributed by atoms with Gasteiger partial charge in [-0.2, -0.15) is 0 Å². The van der Waals surface area contributed by atoms with E-state index in [4.69, 9.17) is 34.8 Å². The molecule has 2 heterocycles. The van der Waals surface area contributed by atoms with Crippen molar-refractivity contribution in [3.05, 3.63) is 61.4 Å². The Balaban J connectivity index is 1.67. The molecule has 1 atom stereocenters. The minimum atomic E-state index is -0.220. The summed E-state index contributed by atoms with van der Waals surface area (Å²) in [6, 6.07) is 9.29. The fourth-order valence-electron chi connectivity index (χ4n) is 4.03. The number of anilines is 1. The quantitative estimate of drug-likeness (QED) is 0.447. The summed E-state index contributed by atoms with van der Waals surface area (Å²) in [6.07, 6.45) is 2.86. The maximum Gasteiger partial charge on any atom is 0.264 e. The Kier molecular flexibility index (Phi) is 6.08. The normalized spacial score (nSPS) is 22.7. The van der Waals surface area contributed by atoms with Crippen molar-refractivity contribution >= 4 is 75.1 Å². The number of thioether (sulfide) groups is 1. The van der Waals surface area contributed by atoms with Crippen LogP contribution < -0.4 is 10.2 Å². The van der Waals surface area contributed by atoms with Crippen LogP contribution in [0.1, 0.15) is 44.2 Å². The summed E-state index contributed by atoms with van der Waals surface area (Å²) in [5, 5.41) is 4.60. The summed E-state index contributed by atoms with van der Waals surface area (Å²) in [5.41, 5.74) is 3.76. The topological polar surface area (TPSA) is 44.7 Å². The molecule has 1 fully saturated rings. The van der Waals surface area contributed by atoms with Crippen molar-refractivity contribution < 1.29 is 4.79 Å². The van der Waals surface area contributed by atoms with Gasteiger partial charge in [-0.25, -0.2) is 4.99 Å². The van der Waals surface area contributed by atoms with Gasteiger partial charge in [0.2, 0.25) is 0 Å². The molecule has 31 heavy (non-hydrogen) atoms. The molecule has 0 saturated carbocycles. The number of fused-ring (bicyclic) bond motifs is 1. The number of nitrogens with one attached hydrogen (secondary N) is 1. The lowest BCUT2D eigenvalue weighted by molar-refractivity contribution is -0.115. The van der Waals surface area contributed by atoms with E-state index in [-0.39, 0.29) is 11.4 Å². The van der Waals surface area contributed by atoms with Crippen LogP contribution in [0.3, 0.4) is 0 Å². The monoisotopic (exact) mass is 493 g/mol. The van der Waals surface area contributed by atoms with Crippen LogP contribution in [0, 0.1) is 0 Å². The van der Waals surface area contributed by atoms with Crippen LogP contribution in [0.5, 0.6) is 0 Å². The molecule has 0 unspecified atom stereocenters. The summed E-state index contributed by atoms with van der Waals surface area (Å²) in [5.74, 6) is 0.171. The molecule has 0 radical (unpaired) electrons. The largest absolute Gasteiger partial charge is 0.369 e. The lowest BCUT2D eigenvalue weighted by Crippen LogP contribution is -2.45. The average molecular weight is 495 g/mol. The zero-order valence-electron chi connectivity index (χ0n) is 17.6. The third kappa shape index (κ3) is 4.34. The van der Waals surface area contributed by atoms with Gasteiger partial charge in [0.25, 0.3) is 5.91 Å². The average Bonchev–Trinajstić information content (AvgIpc) is 3.03. The minimum absolute atomic E-state index is 0.0594. The van der Waals surface area contributed by atoms with Gasteiger partial charge in [0.1, 0.15) is 0 Å². The number of carbonyl (C=O) groups is 1. The Morgan fingerprint density at radius 2 is 1.97 bits per heavy atom. The van der Waals surface area contributed by atoms with Crippen molar-refractivity contribution in [1.29, 1.82) is 0 Å². The molecular weight excluding hydrogens is 473 g/mol. The van der Waals surface area contributed by atoms with E-state index in [1.807, 2.05) is 12.1 Å². The van der Waals surface area contributed by atoms with E-state index in [0.29, 0.717) is 36.7 Å². The third-order valence-corrected chi connectivity index (χ3v) is 7.89. The van der Waals surface area contributed by atoms with E-state index in [0.717, 1.165) is 17.7 Å². The molecule has 4 rings (SSSR count). The Morgan fingerprint density at radius 1 is 1.23 bits per heavy atom. The molecule has 0 bridgehead atoms. The van der Waals surface area contributed by atoms with Crippen molar-refractivity contribution in [3.63, 3.8) is 0 Å².